The van der Waals surface area contributed by atoms with Gasteiger partial charge in [-0.05, 0) is 31.7 Å². The lowest BCUT2D eigenvalue weighted by Gasteiger charge is -2.11. The normalized spacial score (nSPS) is 12.1. The van der Waals surface area contributed by atoms with E-state index in [-0.39, 0.29) is 11.9 Å². The fraction of sp³-hybridized carbons (Fsp3) is 0.500. The first-order valence-corrected chi connectivity index (χ1v) is 6.65. The zero-order valence-electron chi connectivity index (χ0n) is 10.3. The van der Waals surface area contributed by atoms with Crippen LogP contribution < -0.4 is 5.32 Å². The summed E-state index contributed by atoms with van der Waals surface area (Å²) >= 11 is 5.61. The van der Waals surface area contributed by atoms with E-state index in [0.717, 1.165) is 19.3 Å². The summed E-state index contributed by atoms with van der Waals surface area (Å²) < 4.78 is 0. The third-order valence-corrected chi connectivity index (χ3v) is 2.88. The molecule has 94 valence electrons. The summed E-state index contributed by atoms with van der Waals surface area (Å²) in [4.78, 5) is 11.6. The van der Waals surface area contributed by atoms with Crippen LogP contribution in [0.1, 0.15) is 31.7 Å². The summed E-state index contributed by atoms with van der Waals surface area (Å²) in [6.07, 6.45) is 3.26. The number of amides is 1. The number of halogens is 1. The third-order valence-electron chi connectivity index (χ3n) is 2.66. The van der Waals surface area contributed by atoms with E-state index in [0.29, 0.717) is 12.3 Å². The number of alkyl halides is 1. The van der Waals surface area contributed by atoms with Gasteiger partial charge in [0, 0.05) is 18.3 Å². The van der Waals surface area contributed by atoms with E-state index in [4.69, 9.17) is 11.6 Å². The minimum Gasteiger partial charge on any atom is -0.354 e. The van der Waals surface area contributed by atoms with Gasteiger partial charge in [0.05, 0.1) is 0 Å². The maximum Gasteiger partial charge on any atom is 0.220 e. The molecule has 1 amide bonds. The Bertz CT molecular complexity index is 326. The van der Waals surface area contributed by atoms with E-state index in [1.54, 1.807) is 0 Å². The molecule has 0 aliphatic rings. The first kappa shape index (κ1) is 14.0. The van der Waals surface area contributed by atoms with Crippen LogP contribution in [-0.4, -0.2) is 17.8 Å². The Morgan fingerprint density at radius 1 is 1.35 bits per heavy atom. The number of benzene rings is 1. The Labute approximate surface area is 108 Å². The maximum absolute atomic E-state index is 11.6. The van der Waals surface area contributed by atoms with Crippen molar-refractivity contribution in [1.29, 1.82) is 0 Å². The predicted octanol–water partition coefficient (Wildman–Crippen LogP) is 3.14. The number of carbonyl (C=O) groups is 1. The highest BCUT2D eigenvalue weighted by atomic mass is 35.5. The van der Waals surface area contributed by atoms with Crippen molar-refractivity contribution in [3.8, 4) is 0 Å². The first-order chi connectivity index (χ1) is 8.22. The molecule has 0 fully saturated rings. The van der Waals surface area contributed by atoms with Crippen molar-refractivity contribution in [2.75, 3.05) is 5.88 Å². The molecule has 1 aromatic carbocycles. The molecular weight excluding hydrogens is 234 g/mol. The molecule has 1 aromatic rings. The SMILES string of the molecule is CC(CCCl)NC(=O)CCCc1ccccc1. The first-order valence-electron chi connectivity index (χ1n) is 6.11. The summed E-state index contributed by atoms with van der Waals surface area (Å²) in [5, 5.41) is 2.94. The number of aryl methyl sites for hydroxylation is 1. The minimum atomic E-state index is 0.124. The van der Waals surface area contributed by atoms with Crippen LogP contribution in [0.15, 0.2) is 30.3 Å². The van der Waals surface area contributed by atoms with Gasteiger partial charge in [-0.1, -0.05) is 30.3 Å². The average molecular weight is 254 g/mol. The second kappa shape index (κ2) is 8.13. The van der Waals surface area contributed by atoms with E-state index >= 15 is 0 Å². The highest BCUT2D eigenvalue weighted by Gasteiger charge is 2.06. The van der Waals surface area contributed by atoms with Gasteiger partial charge in [-0.3, -0.25) is 4.79 Å². The number of rotatable bonds is 7. The Kier molecular flexibility index (Phi) is 6.71. The molecule has 1 atom stereocenters. The van der Waals surface area contributed by atoms with E-state index in [1.807, 2.05) is 25.1 Å². The van der Waals surface area contributed by atoms with Crippen LogP contribution in [0.3, 0.4) is 0 Å². The summed E-state index contributed by atoms with van der Waals surface area (Å²) in [6, 6.07) is 10.4. The van der Waals surface area contributed by atoms with Crippen LogP contribution in [-0.2, 0) is 11.2 Å². The third kappa shape index (κ3) is 6.32. The highest BCUT2D eigenvalue weighted by molar-refractivity contribution is 6.17. The topological polar surface area (TPSA) is 29.1 Å². The summed E-state index contributed by atoms with van der Waals surface area (Å²) in [7, 11) is 0. The van der Waals surface area contributed by atoms with Gasteiger partial charge < -0.3 is 5.32 Å². The molecule has 2 nitrogen and oxygen atoms in total. The van der Waals surface area contributed by atoms with Gasteiger partial charge in [0.15, 0.2) is 0 Å². The Hall–Kier alpha value is -1.02. The van der Waals surface area contributed by atoms with E-state index in [2.05, 4.69) is 17.4 Å². The zero-order chi connectivity index (χ0) is 12.5. The van der Waals surface area contributed by atoms with Crippen molar-refractivity contribution in [3.63, 3.8) is 0 Å². The molecule has 1 rings (SSSR count). The quantitative estimate of drug-likeness (QED) is 0.744. The van der Waals surface area contributed by atoms with Crippen LogP contribution in [0, 0.1) is 0 Å². The number of carbonyl (C=O) groups excluding carboxylic acids is 1. The smallest absolute Gasteiger partial charge is 0.220 e. The fourth-order valence-corrected chi connectivity index (χ4v) is 2.01. The van der Waals surface area contributed by atoms with Crippen molar-refractivity contribution in [3.05, 3.63) is 35.9 Å². The van der Waals surface area contributed by atoms with E-state index in [9.17, 15) is 4.79 Å². The monoisotopic (exact) mass is 253 g/mol. The number of hydrogen-bond donors (Lipinski definition) is 1. The second-order valence-corrected chi connectivity index (χ2v) is 4.66. The van der Waals surface area contributed by atoms with Gasteiger partial charge in [0.25, 0.3) is 0 Å². The molecule has 0 saturated carbocycles. The van der Waals surface area contributed by atoms with Crippen molar-refractivity contribution < 1.29 is 4.79 Å². The highest BCUT2D eigenvalue weighted by Crippen LogP contribution is 2.04. The Morgan fingerprint density at radius 2 is 2.06 bits per heavy atom. The van der Waals surface area contributed by atoms with Crippen LogP contribution in [0.4, 0.5) is 0 Å². The van der Waals surface area contributed by atoms with Crippen molar-refractivity contribution in [2.45, 2.75) is 38.6 Å². The molecule has 0 aliphatic heterocycles. The minimum absolute atomic E-state index is 0.124. The molecule has 0 saturated heterocycles. The molecule has 0 radical (unpaired) electrons. The zero-order valence-corrected chi connectivity index (χ0v) is 11.0. The predicted molar refractivity (Wildman–Crippen MR) is 72.3 cm³/mol. The van der Waals surface area contributed by atoms with Crippen LogP contribution >= 0.6 is 11.6 Å². The van der Waals surface area contributed by atoms with E-state index < -0.39 is 0 Å². The van der Waals surface area contributed by atoms with Gasteiger partial charge in [-0.15, -0.1) is 11.6 Å². The standard InChI is InChI=1S/C14H20ClNO/c1-12(10-11-15)16-14(17)9-5-8-13-6-3-2-4-7-13/h2-4,6-7,12H,5,8-11H2,1H3,(H,16,17). The van der Waals surface area contributed by atoms with Crippen LogP contribution in [0.5, 0.6) is 0 Å². The van der Waals surface area contributed by atoms with Crippen LogP contribution in [0.2, 0.25) is 0 Å². The molecular formula is C14H20ClNO. The molecule has 1 unspecified atom stereocenters. The molecule has 1 N–H and O–H groups in total. The van der Waals surface area contributed by atoms with Crippen molar-refractivity contribution >= 4 is 17.5 Å². The van der Waals surface area contributed by atoms with E-state index in [1.165, 1.54) is 5.56 Å². The molecule has 3 heteroatoms. The fourth-order valence-electron chi connectivity index (χ4n) is 1.68. The van der Waals surface area contributed by atoms with Crippen molar-refractivity contribution in [1.82, 2.24) is 5.32 Å². The lowest BCUT2D eigenvalue weighted by molar-refractivity contribution is -0.121. The maximum atomic E-state index is 11.6. The lowest BCUT2D eigenvalue weighted by atomic mass is 10.1. The summed E-state index contributed by atoms with van der Waals surface area (Å²) in [6.45, 7) is 1.98. The molecule has 0 aliphatic carbocycles. The molecule has 0 bridgehead atoms. The van der Waals surface area contributed by atoms with Gasteiger partial charge in [-0.25, -0.2) is 0 Å². The van der Waals surface area contributed by atoms with Gasteiger partial charge in [-0.2, -0.15) is 0 Å². The second-order valence-electron chi connectivity index (χ2n) is 4.29. The van der Waals surface area contributed by atoms with Crippen molar-refractivity contribution in [2.24, 2.45) is 0 Å². The Balaban J connectivity index is 2.16. The van der Waals surface area contributed by atoms with Crippen LogP contribution in [0.25, 0.3) is 0 Å². The average Bonchev–Trinajstić information content (AvgIpc) is 2.30. The Morgan fingerprint density at radius 3 is 2.71 bits per heavy atom. The summed E-state index contributed by atoms with van der Waals surface area (Å²) in [5.74, 6) is 0.712. The number of nitrogens with one attached hydrogen (secondary N) is 1. The van der Waals surface area contributed by atoms with Gasteiger partial charge in [0.2, 0.25) is 5.91 Å². The molecule has 17 heavy (non-hydrogen) atoms. The molecule has 0 spiro atoms. The number of hydrogen-bond acceptors (Lipinski definition) is 1. The molecule has 0 heterocycles. The van der Waals surface area contributed by atoms with Gasteiger partial charge in [0.1, 0.15) is 0 Å². The molecule has 0 aromatic heterocycles. The largest absolute Gasteiger partial charge is 0.354 e. The lowest BCUT2D eigenvalue weighted by Crippen LogP contribution is -2.32. The van der Waals surface area contributed by atoms with Gasteiger partial charge >= 0.3 is 0 Å². The summed E-state index contributed by atoms with van der Waals surface area (Å²) in [5.41, 5.74) is 1.29.